The van der Waals surface area contributed by atoms with E-state index in [0.717, 1.165) is 55.2 Å². The maximum absolute atomic E-state index is 12.2. The summed E-state index contributed by atoms with van der Waals surface area (Å²) in [5.74, 6) is 1.59. The lowest BCUT2D eigenvalue weighted by molar-refractivity contribution is -0.127. The highest BCUT2D eigenvalue weighted by Gasteiger charge is 2.22. The van der Waals surface area contributed by atoms with Crippen molar-refractivity contribution < 1.29 is 9.53 Å². The molecule has 2 fully saturated rings. The van der Waals surface area contributed by atoms with Gasteiger partial charge in [0, 0.05) is 55.6 Å². The summed E-state index contributed by atoms with van der Waals surface area (Å²) in [5, 5.41) is 14.0. The molecule has 0 N–H and O–H groups in total. The minimum Gasteiger partial charge on any atom is -0.491 e. The van der Waals surface area contributed by atoms with Gasteiger partial charge in [-0.15, -0.1) is 0 Å². The Morgan fingerprint density at radius 3 is 2.60 bits per heavy atom. The van der Waals surface area contributed by atoms with Crippen LogP contribution in [0.15, 0.2) is 48.9 Å². The lowest BCUT2D eigenvalue weighted by Crippen LogP contribution is -2.49. The number of aromatic nitrogens is 3. The van der Waals surface area contributed by atoms with E-state index in [0.29, 0.717) is 36.6 Å². The smallest absolute Gasteiger partial charge is 0.249 e. The molecule has 2 saturated heterocycles. The highest BCUT2D eigenvalue weighted by Crippen LogP contribution is 2.31. The summed E-state index contributed by atoms with van der Waals surface area (Å²) in [6.45, 7) is 12.0. The van der Waals surface area contributed by atoms with Crippen molar-refractivity contribution in [3.8, 4) is 22.9 Å². The van der Waals surface area contributed by atoms with Crippen LogP contribution in [0.3, 0.4) is 0 Å². The van der Waals surface area contributed by atoms with Crippen molar-refractivity contribution >= 4 is 17.2 Å². The van der Waals surface area contributed by atoms with Gasteiger partial charge in [-0.3, -0.25) is 9.69 Å². The Balaban J connectivity index is 1.35. The van der Waals surface area contributed by atoms with Crippen molar-refractivity contribution in [3.63, 3.8) is 0 Å². The van der Waals surface area contributed by atoms with Crippen LogP contribution in [0.2, 0.25) is 0 Å². The van der Waals surface area contributed by atoms with Gasteiger partial charge in [0.2, 0.25) is 5.91 Å². The summed E-state index contributed by atoms with van der Waals surface area (Å²) in [7, 11) is 0. The van der Waals surface area contributed by atoms with E-state index in [1.807, 2.05) is 35.5 Å². The van der Waals surface area contributed by atoms with Crippen molar-refractivity contribution in [1.82, 2.24) is 24.4 Å². The van der Waals surface area contributed by atoms with Gasteiger partial charge in [-0.1, -0.05) is 6.58 Å². The number of nitriles is 1. The minimum absolute atomic E-state index is 0.0121. The number of rotatable bonds is 7. The number of likely N-dealkylation sites (tertiary alicyclic amines) is 1. The molecule has 3 aromatic rings. The van der Waals surface area contributed by atoms with Gasteiger partial charge in [-0.2, -0.15) is 10.4 Å². The Kier molecular flexibility index (Phi) is 6.38. The van der Waals surface area contributed by atoms with Gasteiger partial charge in [0.25, 0.3) is 0 Å². The zero-order valence-corrected chi connectivity index (χ0v) is 20.0. The quantitative estimate of drug-likeness (QED) is 0.489. The molecule has 5 rings (SSSR count). The van der Waals surface area contributed by atoms with E-state index >= 15 is 0 Å². The van der Waals surface area contributed by atoms with Gasteiger partial charge in [0.05, 0.1) is 23.5 Å². The molecule has 5 heterocycles. The Bertz CT molecular complexity index is 1280. The maximum Gasteiger partial charge on any atom is 0.249 e. The number of piperazine rings is 1. The van der Waals surface area contributed by atoms with Gasteiger partial charge in [-0.25, -0.2) is 9.50 Å². The molecule has 0 atom stereocenters. The Hall–Kier alpha value is -3.90. The van der Waals surface area contributed by atoms with E-state index in [-0.39, 0.29) is 5.91 Å². The summed E-state index contributed by atoms with van der Waals surface area (Å²) in [5.41, 5.74) is 3.56. The van der Waals surface area contributed by atoms with Crippen LogP contribution in [0, 0.1) is 11.3 Å². The third-order valence-electron chi connectivity index (χ3n) is 6.65. The minimum atomic E-state index is 0.0121. The molecule has 0 aliphatic carbocycles. The number of nitrogens with zero attached hydrogens (tertiary/aromatic N) is 7. The predicted molar refractivity (Wildman–Crippen MR) is 133 cm³/mol. The summed E-state index contributed by atoms with van der Waals surface area (Å²) < 4.78 is 7.75. The molecular formula is C26H29N7O2. The van der Waals surface area contributed by atoms with Crippen molar-refractivity contribution in [2.45, 2.75) is 13.3 Å². The second-order valence-corrected chi connectivity index (χ2v) is 9.06. The molecule has 180 valence electrons. The van der Waals surface area contributed by atoms with Crippen LogP contribution in [-0.2, 0) is 4.79 Å². The average Bonchev–Trinajstić information content (AvgIpc) is 3.28. The number of hydrogen-bond acceptors (Lipinski definition) is 7. The average molecular weight is 472 g/mol. The number of anilines is 1. The largest absolute Gasteiger partial charge is 0.491 e. The first-order valence-electron chi connectivity index (χ1n) is 12.0. The lowest BCUT2D eigenvalue weighted by Gasteiger charge is -2.35. The molecule has 9 heteroatoms. The highest BCUT2D eigenvalue weighted by molar-refractivity contribution is 5.92. The van der Waals surface area contributed by atoms with Crippen molar-refractivity contribution in [3.05, 3.63) is 54.5 Å². The molecule has 0 unspecified atom stereocenters. The molecule has 3 aromatic heterocycles. The molecular weight excluding hydrogens is 442 g/mol. The second-order valence-electron chi connectivity index (χ2n) is 9.06. The fraction of sp³-hybridized carbons (Fsp3) is 0.385. The van der Waals surface area contributed by atoms with Crippen LogP contribution in [-0.4, -0.2) is 82.7 Å². The van der Waals surface area contributed by atoms with Crippen molar-refractivity contribution in [1.29, 1.82) is 5.26 Å². The van der Waals surface area contributed by atoms with E-state index in [9.17, 15) is 10.1 Å². The fourth-order valence-electron chi connectivity index (χ4n) is 4.52. The SMILES string of the molecule is C=C(C)C(=O)N1CCN(c2ccc(-c3cc(OCCN4CCC4)cn4ncc(C#N)c34)cn2)CC1. The molecule has 35 heavy (non-hydrogen) atoms. The van der Waals surface area contributed by atoms with Crippen LogP contribution in [0.1, 0.15) is 18.9 Å². The zero-order chi connectivity index (χ0) is 24.4. The normalized spacial score (nSPS) is 16.1. The molecule has 9 nitrogen and oxygen atoms in total. The third-order valence-corrected chi connectivity index (χ3v) is 6.65. The molecule has 2 aliphatic heterocycles. The summed E-state index contributed by atoms with van der Waals surface area (Å²) in [6.07, 6.45) is 6.49. The van der Waals surface area contributed by atoms with Crippen LogP contribution < -0.4 is 9.64 Å². The van der Waals surface area contributed by atoms with E-state index in [4.69, 9.17) is 9.72 Å². The van der Waals surface area contributed by atoms with Gasteiger partial charge in [0.1, 0.15) is 24.2 Å². The first-order valence-corrected chi connectivity index (χ1v) is 12.0. The Morgan fingerprint density at radius 1 is 1.17 bits per heavy atom. The Morgan fingerprint density at radius 2 is 1.97 bits per heavy atom. The second kappa shape index (κ2) is 9.76. The monoisotopic (exact) mass is 471 g/mol. The van der Waals surface area contributed by atoms with E-state index in [1.165, 1.54) is 6.42 Å². The molecule has 0 spiro atoms. The van der Waals surface area contributed by atoms with Crippen LogP contribution in [0.25, 0.3) is 16.6 Å². The standard InChI is InChI=1S/C26H29N7O2/c1-19(2)26(34)32-10-8-31(9-11-32)24-5-4-20(16-28-24)23-14-22(35-13-12-30-6-3-7-30)18-33-25(23)21(15-27)17-29-33/h4-5,14,16-18H,1,3,6-13H2,2H3. The van der Waals surface area contributed by atoms with Crippen molar-refractivity contribution in [2.75, 3.05) is 57.3 Å². The number of pyridine rings is 2. The number of carbonyl (C=O) groups excluding carboxylic acids is 1. The van der Waals surface area contributed by atoms with Crippen LogP contribution in [0.4, 0.5) is 5.82 Å². The number of carbonyl (C=O) groups is 1. The van der Waals surface area contributed by atoms with E-state index < -0.39 is 0 Å². The zero-order valence-electron chi connectivity index (χ0n) is 20.0. The van der Waals surface area contributed by atoms with Gasteiger partial charge in [-0.05, 0) is 44.6 Å². The lowest BCUT2D eigenvalue weighted by atomic mass is 10.1. The summed E-state index contributed by atoms with van der Waals surface area (Å²) in [6, 6.07) is 8.21. The van der Waals surface area contributed by atoms with Gasteiger partial charge in [0.15, 0.2) is 0 Å². The first kappa shape index (κ1) is 22.9. The highest BCUT2D eigenvalue weighted by atomic mass is 16.5. The number of amides is 1. The van der Waals surface area contributed by atoms with E-state index in [2.05, 4.69) is 27.5 Å². The summed E-state index contributed by atoms with van der Waals surface area (Å²) in [4.78, 5) is 23.3. The van der Waals surface area contributed by atoms with Crippen LogP contribution >= 0.6 is 0 Å². The Labute approximate surface area is 204 Å². The molecule has 0 radical (unpaired) electrons. The van der Waals surface area contributed by atoms with Crippen molar-refractivity contribution in [2.24, 2.45) is 0 Å². The molecule has 0 saturated carbocycles. The summed E-state index contributed by atoms with van der Waals surface area (Å²) >= 11 is 0. The predicted octanol–water partition coefficient (Wildman–Crippen LogP) is 2.58. The fourth-order valence-corrected chi connectivity index (χ4v) is 4.52. The molecule has 2 aliphatic rings. The molecule has 1 amide bonds. The topological polar surface area (TPSA) is 90.0 Å². The molecule has 0 aromatic carbocycles. The first-order chi connectivity index (χ1) is 17.0. The third kappa shape index (κ3) is 4.70. The maximum atomic E-state index is 12.2. The molecule has 0 bridgehead atoms. The van der Waals surface area contributed by atoms with Gasteiger partial charge >= 0.3 is 0 Å². The number of hydrogen-bond donors (Lipinski definition) is 0. The number of fused-ring (bicyclic) bond motifs is 1. The van der Waals surface area contributed by atoms with E-state index in [1.54, 1.807) is 17.6 Å². The van der Waals surface area contributed by atoms with Crippen LogP contribution in [0.5, 0.6) is 5.75 Å². The number of ether oxygens (including phenoxy) is 1. The van der Waals surface area contributed by atoms with Gasteiger partial charge < -0.3 is 14.5 Å².